The van der Waals surface area contributed by atoms with Crippen molar-refractivity contribution in [3.05, 3.63) is 48.5 Å². The number of rotatable bonds is 8. The Kier molecular flexibility index (Phi) is 5.82. The van der Waals surface area contributed by atoms with E-state index in [2.05, 4.69) is 0 Å². The van der Waals surface area contributed by atoms with Crippen LogP contribution in [0.5, 0.6) is 23.0 Å². The third kappa shape index (κ3) is 4.95. The van der Waals surface area contributed by atoms with E-state index in [1.165, 1.54) is 0 Å². The van der Waals surface area contributed by atoms with E-state index in [9.17, 15) is 0 Å². The highest BCUT2D eigenvalue weighted by atomic mass is 16.6. The highest BCUT2D eigenvalue weighted by Crippen LogP contribution is 2.19. The van der Waals surface area contributed by atoms with Crippen LogP contribution >= 0.6 is 0 Å². The van der Waals surface area contributed by atoms with Gasteiger partial charge in [-0.15, -0.1) is 0 Å². The van der Waals surface area contributed by atoms with E-state index < -0.39 is 0 Å². The highest BCUT2D eigenvalue weighted by molar-refractivity contribution is 6.20. The Labute approximate surface area is 125 Å². The van der Waals surface area contributed by atoms with Crippen LogP contribution < -0.4 is 18.8 Å². The molecule has 5 heteroatoms. The van der Waals surface area contributed by atoms with Crippen LogP contribution in [-0.4, -0.2) is 20.9 Å². The quantitative estimate of drug-likeness (QED) is 0.698. The van der Waals surface area contributed by atoms with Crippen LogP contribution in [0.2, 0.25) is 0 Å². The Bertz CT molecular complexity index is 475. The van der Waals surface area contributed by atoms with Gasteiger partial charge in [-0.3, -0.25) is 0 Å². The fourth-order valence-corrected chi connectivity index (χ4v) is 1.76. The molecule has 0 saturated heterocycles. The van der Waals surface area contributed by atoms with Crippen LogP contribution in [0.15, 0.2) is 48.5 Å². The molecule has 0 bridgehead atoms. The molecule has 0 aliphatic heterocycles. The summed E-state index contributed by atoms with van der Waals surface area (Å²) < 4.78 is 21.8. The second-order valence-corrected chi connectivity index (χ2v) is 4.22. The van der Waals surface area contributed by atoms with E-state index >= 15 is 0 Å². The van der Waals surface area contributed by atoms with Crippen LogP contribution in [0, 0.1) is 0 Å². The molecule has 0 saturated carbocycles. The summed E-state index contributed by atoms with van der Waals surface area (Å²) in [4.78, 5) is 0. The molecule has 0 aromatic heterocycles. The fourth-order valence-electron chi connectivity index (χ4n) is 1.76. The normalized spacial score (nSPS) is 9.81. The SMILES string of the molecule is CCOc1ccc(OBOc2ccc(OCC)cc2)cc1. The van der Waals surface area contributed by atoms with Gasteiger partial charge in [0.1, 0.15) is 23.0 Å². The summed E-state index contributed by atoms with van der Waals surface area (Å²) in [7, 11) is 0.155. The minimum Gasteiger partial charge on any atom is -0.529 e. The smallest absolute Gasteiger partial charge is 0.529 e. The Morgan fingerprint density at radius 2 is 0.952 bits per heavy atom. The molecule has 0 amide bonds. The van der Waals surface area contributed by atoms with E-state index in [-0.39, 0.29) is 7.69 Å². The molecule has 0 fully saturated rings. The molecule has 2 aromatic rings. The summed E-state index contributed by atoms with van der Waals surface area (Å²) >= 11 is 0. The second-order valence-electron chi connectivity index (χ2n) is 4.22. The van der Waals surface area contributed by atoms with Crippen LogP contribution in [0.1, 0.15) is 13.8 Å². The van der Waals surface area contributed by atoms with Crippen LogP contribution in [0.25, 0.3) is 0 Å². The summed E-state index contributed by atoms with van der Waals surface area (Å²) in [5.74, 6) is 3.14. The second kappa shape index (κ2) is 8.09. The van der Waals surface area contributed by atoms with Gasteiger partial charge >= 0.3 is 7.69 Å². The average Bonchev–Trinajstić information content (AvgIpc) is 2.51. The van der Waals surface area contributed by atoms with Crippen molar-refractivity contribution >= 4 is 7.69 Å². The van der Waals surface area contributed by atoms with Crippen molar-refractivity contribution < 1.29 is 18.8 Å². The molecule has 0 unspecified atom stereocenters. The Hall–Kier alpha value is -2.30. The lowest BCUT2D eigenvalue weighted by molar-refractivity contribution is 0.339. The number of hydrogen-bond donors (Lipinski definition) is 0. The van der Waals surface area contributed by atoms with Gasteiger partial charge in [-0.1, -0.05) is 0 Å². The molecule has 0 atom stereocenters. The van der Waals surface area contributed by atoms with Gasteiger partial charge in [0, 0.05) is 0 Å². The Morgan fingerprint density at radius 3 is 1.29 bits per heavy atom. The third-order valence-corrected chi connectivity index (χ3v) is 2.72. The summed E-state index contributed by atoms with van der Waals surface area (Å²) in [5.41, 5.74) is 0. The predicted molar refractivity (Wildman–Crippen MR) is 83.6 cm³/mol. The zero-order valence-corrected chi connectivity index (χ0v) is 12.4. The summed E-state index contributed by atoms with van der Waals surface area (Å²) in [6, 6.07) is 14.9. The van der Waals surface area contributed by atoms with Crippen molar-refractivity contribution in [1.82, 2.24) is 0 Å². The fraction of sp³-hybridized carbons (Fsp3) is 0.250. The Morgan fingerprint density at radius 1 is 0.619 bits per heavy atom. The van der Waals surface area contributed by atoms with E-state index in [0.29, 0.717) is 13.2 Å². The van der Waals surface area contributed by atoms with Crippen LogP contribution in [-0.2, 0) is 0 Å². The number of ether oxygens (including phenoxy) is 2. The maximum Gasteiger partial charge on any atom is 0.576 e. The van der Waals surface area contributed by atoms with Crippen molar-refractivity contribution in [3.63, 3.8) is 0 Å². The van der Waals surface area contributed by atoms with Gasteiger partial charge < -0.3 is 18.8 Å². The first-order valence-corrected chi connectivity index (χ1v) is 7.03. The molecule has 0 N–H and O–H groups in total. The van der Waals surface area contributed by atoms with Gasteiger partial charge in [0.15, 0.2) is 0 Å². The highest BCUT2D eigenvalue weighted by Gasteiger charge is 2.01. The lowest BCUT2D eigenvalue weighted by atomic mass is 10.3. The lowest BCUT2D eigenvalue weighted by Gasteiger charge is -2.09. The van der Waals surface area contributed by atoms with Crippen molar-refractivity contribution in [1.29, 1.82) is 0 Å². The number of benzene rings is 2. The molecule has 0 spiro atoms. The first-order chi connectivity index (χ1) is 10.3. The molecule has 0 heterocycles. The van der Waals surface area contributed by atoms with E-state index in [0.717, 1.165) is 23.0 Å². The number of hydrogen-bond acceptors (Lipinski definition) is 4. The van der Waals surface area contributed by atoms with E-state index in [1.807, 2.05) is 62.4 Å². The van der Waals surface area contributed by atoms with Crippen molar-refractivity contribution in [2.24, 2.45) is 0 Å². The maximum absolute atomic E-state index is 5.51. The van der Waals surface area contributed by atoms with Gasteiger partial charge in [-0.2, -0.15) is 0 Å². The molecule has 2 rings (SSSR count). The van der Waals surface area contributed by atoms with Gasteiger partial charge in [0.2, 0.25) is 0 Å². The molecule has 21 heavy (non-hydrogen) atoms. The Balaban J connectivity index is 1.78. The van der Waals surface area contributed by atoms with Gasteiger partial charge in [0.05, 0.1) is 13.2 Å². The first kappa shape index (κ1) is 15.1. The molecule has 0 radical (unpaired) electrons. The molecular formula is C16H19BO4. The monoisotopic (exact) mass is 286 g/mol. The molecular weight excluding hydrogens is 267 g/mol. The minimum absolute atomic E-state index is 0.155. The summed E-state index contributed by atoms with van der Waals surface area (Å²) in [5, 5.41) is 0. The van der Waals surface area contributed by atoms with Crippen LogP contribution in [0.3, 0.4) is 0 Å². The van der Waals surface area contributed by atoms with Crippen molar-refractivity contribution in [2.45, 2.75) is 13.8 Å². The van der Waals surface area contributed by atoms with Crippen LogP contribution in [0.4, 0.5) is 0 Å². The largest absolute Gasteiger partial charge is 0.576 e. The average molecular weight is 286 g/mol. The van der Waals surface area contributed by atoms with E-state index in [4.69, 9.17) is 18.8 Å². The summed E-state index contributed by atoms with van der Waals surface area (Å²) in [6.45, 7) is 5.21. The zero-order chi connectivity index (χ0) is 14.9. The standard InChI is InChI=1S/C16H19BO4/c1-3-18-13-5-9-15(10-6-13)20-17-21-16-11-7-14(8-12-16)19-4-2/h5-12,17H,3-4H2,1-2H3. The molecule has 4 nitrogen and oxygen atoms in total. The minimum atomic E-state index is 0.155. The van der Waals surface area contributed by atoms with Gasteiger partial charge in [-0.05, 0) is 62.4 Å². The maximum atomic E-state index is 5.51. The van der Waals surface area contributed by atoms with Crippen molar-refractivity contribution in [2.75, 3.05) is 13.2 Å². The lowest BCUT2D eigenvalue weighted by Crippen LogP contribution is -2.10. The third-order valence-electron chi connectivity index (χ3n) is 2.72. The zero-order valence-electron chi connectivity index (χ0n) is 12.4. The van der Waals surface area contributed by atoms with Gasteiger partial charge in [-0.25, -0.2) is 0 Å². The first-order valence-electron chi connectivity index (χ1n) is 7.03. The molecule has 0 aliphatic carbocycles. The van der Waals surface area contributed by atoms with Gasteiger partial charge in [0.25, 0.3) is 0 Å². The summed E-state index contributed by atoms with van der Waals surface area (Å²) in [6.07, 6.45) is 0. The molecule has 2 aromatic carbocycles. The van der Waals surface area contributed by atoms with E-state index in [1.54, 1.807) is 0 Å². The van der Waals surface area contributed by atoms with Crippen molar-refractivity contribution in [3.8, 4) is 23.0 Å². The molecule has 0 aliphatic rings. The molecule has 110 valence electrons. The topological polar surface area (TPSA) is 36.9 Å². The predicted octanol–water partition coefficient (Wildman–Crippen LogP) is 3.21.